The summed E-state index contributed by atoms with van der Waals surface area (Å²) in [6.07, 6.45) is -6.92. The Labute approximate surface area is 480 Å². The number of rotatable bonds is 29. The summed E-state index contributed by atoms with van der Waals surface area (Å²) in [6.45, 7) is 2.21. The molecular formula is C69H70O11S. The van der Waals surface area contributed by atoms with E-state index in [0.717, 1.165) is 50.1 Å². The van der Waals surface area contributed by atoms with Gasteiger partial charge in [0.05, 0.1) is 65.6 Å². The third-order valence-corrected chi connectivity index (χ3v) is 15.4. The number of carbonyl (C=O) groups is 1. The van der Waals surface area contributed by atoms with Crippen molar-refractivity contribution in [2.45, 2.75) is 112 Å². The summed E-state index contributed by atoms with van der Waals surface area (Å²) < 4.78 is 71.4. The summed E-state index contributed by atoms with van der Waals surface area (Å²) >= 11 is 1.62. The van der Waals surface area contributed by atoms with Crippen molar-refractivity contribution in [3.8, 4) is 0 Å². The first-order valence-electron chi connectivity index (χ1n) is 27.8. The molecule has 0 N–H and O–H groups in total. The molecule has 2 aliphatic heterocycles. The molecule has 11 nitrogen and oxygen atoms in total. The molecule has 0 saturated carbocycles. The highest BCUT2D eigenvalue weighted by Crippen LogP contribution is 2.38. The molecular weight excluding hydrogens is 1040 g/mol. The van der Waals surface area contributed by atoms with Crippen molar-refractivity contribution in [2.75, 3.05) is 19.0 Å². The van der Waals surface area contributed by atoms with Crippen molar-refractivity contribution in [2.24, 2.45) is 0 Å². The third-order valence-electron chi connectivity index (χ3n) is 14.3. The molecule has 0 radical (unpaired) electrons. The van der Waals surface area contributed by atoms with Crippen LogP contribution in [0.1, 0.15) is 49.3 Å². The normalized spacial score (nSPS) is 22.7. The van der Waals surface area contributed by atoms with Gasteiger partial charge in [-0.3, -0.25) is 4.79 Å². The van der Waals surface area contributed by atoms with E-state index in [1.165, 1.54) is 0 Å². The number of ether oxygens (including phenoxy) is 10. The fourth-order valence-electron chi connectivity index (χ4n) is 10.0. The molecule has 8 aromatic rings. The minimum atomic E-state index is -1.11. The molecule has 2 fully saturated rings. The maximum atomic E-state index is 11.7. The number of benzene rings is 8. The van der Waals surface area contributed by atoms with E-state index in [1.54, 1.807) is 11.8 Å². The first kappa shape index (κ1) is 57.6. The van der Waals surface area contributed by atoms with Gasteiger partial charge in [0.15, 0.2) is 6.29 Å². The van der Waals surface area contributed by atoms with Gasteiger partial charge in [-0.2, -0.15) is 0 Å². The lowest BCUT2D eigenvalue weighted by molar-refractivity contribution is -0.362. The number of hydrogen-bond donors (Lipinski definition) is 0. The first-order valence-corrected chi connectivity index (χ1v) is 28.8. The highest BCUT2D eigenvalue weighted by atomic mass is 32.2. The van der Waals surface area contributed by atoms with Gasteiger partial charge in [0.1, 0.15) is 55.1 Å². The van der Waals surface area contributed by atoms with Gasteiger partial charge >= 0.3 is 0 Å². The van der Waals surface area contributed by atoms with Gasteiger partial charge < -0.3 is 47.4 Å². The molecule has 12 heteroatoms. The number of thioether (sulfide) groups is 1. The van der Waals surface area contributed by atoms with Gasteiger partial charge in [-0.15, -0.1) is 11.8 Å². The maximum Gasteiger partial charge on any atom is 0.187 e. The van der Waals surface area contributed by atoms with Crippen LogP contribution in [0.2, 0.25) is 0 Å². The molecule has 418 valence electrons. The van der Waals surface area contributed by atoms with Crippen molar-refractivity contribution in [3.63, 3.8) is 0 Å². The smallest absolute Gasteiger partial charge is 0.187 e. The van der Waals surface area contributed by atoms with Crippen LogP contribution >= 0.6 is 11.8 Å². The highest BCUT2D eigenvalue weighted by Gasteiger charge is 2.54. The Kier molecular flexibility index (Phi) is 22.0. The molecule has 0 aliphatic carbocycles. The van der Waals surface area contributed by atoms with Crippen LogP contribution in [0.5, 0.6) is 0 Å². The largest absolute Gasteiger partial charge is 0.374 e. The molecule has 4 unspecified atom stereocenters. The summed E-state index contributed by atoms with van der Waals surface area (Å²) in [5, 5.41) is 0. The van der Waals surface area contributed by atoms with Gasteiger partial charge in [-0.05, 0) is 51.1 Å². The summed E-state index contributed by atoms with van der Waals surface area (Å²) in [7, 11) is 0. The highest BCUT2D eigenvalue weighted by molar-refractivity contribution is 7.99. The second kappa shape index (κ2) is 31.0. The zero-order valence-electron chi connectivity index (χ0n) is 45.3. The summed E-state index contributed by atoms with van der Waals surface area (Å²) in [6, 6.07) is 78.2. The lowest BCUT2D eigenvalue weighted by Gasteiger charge is -2.50. The van der Waals surface area contributed by atoms with Gasteiger partial charge in [0.2, 0.25) is 0 Å². The Morgan fingerprint density at radius 2 is 0.654 bits per heavy atom. The Morgan fingerprint density at radius 3 is 1.04 bits per heavy atom. The number of carbonyl (C=O) groups excluding carboxylic acids is 1. The Bertz CT molecular complexity index is 3000. The summed E-state index contributed by atoms with van der Waals surface area (Å²) in [4.78, 5) is 12.6. The fraction of sp³-hybridized carbons (Fsp3) is 0.290. The van der Waals surface area contributed by atoms with Crippen LogP contribution in [0.25, 0.3) is 0 Å². The second-order valence-corrected chi connectivity index (χ2v) is 21.3. The van der Waals surface area contributed by atoms with E-state index in [2.05, 4.69) is 0 Å². The standard InChI is InChI=1S/C69H70O11S/c70-40-51-36-38-59(39-37-51)81-50-62-64(74-44-55-28-14-4-15-29-55)66(75-45-56-30-16-5-17-31-56)65(61(78-62)49-72-42-53-24-10-2-11-25-53)80-69-68(77-47-58-34-20-7-21-35-58)67(76-46-57-32-18-6-19-33-57)63(73-43-54-26-12-3-13-27-54)60(79-69)48-71-41-52-22-8-1-9-23-52/h1-40,60-69H,41-50H2/t60?,61?,62?,63-,64-,65-,66+,67-,68+,69?/m1/s1. The van der Waals surface area contributed by atoms with E-state index < -0.39 is 61.2 Å². The predicted octanol–water partition coefficient (Wildman–Crippen LogP) is 12.8. The van der Waals surface area contributed by atoms with Gasteiger partial charge in [0.25, 0.3) is 0 Å². The predicted molar refractivity (Wildman–Crippen MR) is 312 cm³/mol. The molecule has 81 heavy (non-hydrogen) atoms. The van der Waals surface area contributed by atoms with Crippen LogP contribution < -0.4 is 0 Å². The van der Waals surface area contributed by atoms with Gasteiger partial charge in [-0.25, -0.2) is 0 Å². The SMILES string of the molecule is O=Cc1ccc(SCC2OC(COCc3ccccc3)[C@@H](OC3OC(COCc4ccccc4)[C@@H](OCc4ccccc4)[C@@H](OCc4ccccc4)[C@@H]3OCc3ccccc3)[C@@H](OCc3ccccc3)[C@@H]2OCc2ccccc2)cc1. The monoisotopic (exact) mass is 1110 g/mol. The van der Waals surface area contributed by atoms with E-state index in [4.69, 9.17) is 47.4 Å². The Hall–Kier alpha value is -6.62. The molecule has 10 rings (SSSR count). The van der Waals surface area contributed by atoms with Crippen LogP contribution in [-0.4, -0.2) is 86.5 Å². The van der Waals surface area contributed by atoms with Gasteiger partial charge in [0, 0.05) is 16.2 Å². The zero-order valence-corrected chi connectivity index (χ0v) is 46.2. The van der Waals surface area contributed by atoms with Crippen molar-refractivity contribution < 1.29 is 52.2 Å². The van der Waals surface area contributed by atoms with Crippen LogP contribution in [0.4, 0.5) is 0 Å². The first-order chi connectivity index (χ1) is 40.1. The minimum Gasteiger partial charge on any atom is -0.374 e. The molecule has 0 amide bonds. The fourth-order valence-corrected chi connectivity index (χ4v) is 11.0. The topological polar surface area (TPSA) is 109 Å². The quantitative estimate of drug-likeness (QED) is 0.0329. The molecule has 0 bridgehead atoms. The Morgan fingerprint density at radius 1 is 0.333 bits per heavy atom. The van der Waals surface area contributed by atoms with E-state index >= 15 is 0 Å². The minimum absolute atomic E-state index is 0.133. The summed E-state index contributed by atoms with van der Waals surface area (Å²) in [5.41, 5.74) is 7.54. The molecule has 8 aromatic carbocycles. The van der Waals surface area contributed by atoms with E-state index in [0.29, 0.717) is 24.5 Å². The van der Waals surface area contributed by atoms with Crippen molar-refractivity contribution in [3.05, 3.63) is 281 Å². The third kappa shape index (κ3) is 17.2. The van der Waals surface area contributed by atoms with Crippen molar-refractivity contribution >= 4 is 18.0 Å². The second-order valence-electron chi connectivity index (χ2n) is 20.2. The lowest BCUT2D eigenvalue weighted by Crippen LogP contribution is -2.66. The van der Waals surface area contributed by atoms with Crippen LogP contribution in [-0.2, 0) is 93.6 Å². The van der Waals surface area contributed by atoms with Crippen LogP contribution in [0.15, 0.2) is 241 Å². The van der Waals surface area contributed by atoms with E-state index in [9.17, 15) is 4.79 Å². The molecule has 0 aromatic heterocycles. The number of aldehydes is 1. The van der Waals surface area contributed by atoms with E-state index in [-0.39, 0.29) is 46.2 Å². The molecule has 0 spiro atoms. The molecule has 10 atom stereocenters. The van der Waals surface area contributed by atoms with Crippen molar-refractivity contribution in [1.82, 2.24) is 0 Å². The number of hydrogen-bond acceptors (Lipinski definition) is 12. The zero-order chi connectivity index (χ0) is 55.1. The molecule has 2 aliphatic rings. The summed E-state index contributed by atoms with van der Waals surface area (Å²) in [5.74, 6) is 0.479. The molecule has 2 heterocycles. The average molecular weight is 1110 g/mol. The lowest BCUT2D eigenvalue weighted by atomic mass is 9.93. The molecule has 2 saturated heterocycles. The van der Waals surface area contributed by atoms with E-state index in [1.807, 2.05) is 237 Å². The maximum absolute atomic E-state index is 11.7. The van der Waals surface area contributed by atoms with Crippen LogP contribution in [0.3, 0.4) is 0 Å². The van der Waals surface area contributed by atoms with Crippen LogP contribution in [0, 0.1) is 0 Å². The average Bonchev–Trinajstić information content (AvgIpc) is 3.63. The van der Waals surface area contributed by atoms with Gasteiger partial charge in [-0.1, -0.05) is 224 Å². The Balaban J connectivity index is 1.06. The van der Waals surface area contributed by atoms with Crippen molar-refractivity contribution in [1.29, 1.82) is 0 Å².